The second kappa shape index (κ2) is 8.25. The van der Waals surface area contributed by atoms with E-state index in [-0.39, 0.29) is 6.04 Å². The molecule has 0 saturated heterocycles. The molecule has 1 atom stereocenters. The highest BCUT2D eigenvalue weighted by Gasteiger charge is 2.08. The van der Waals surface area contributed by atoms with Gasteiger partial charge in [0.15, 0.2) is 0 Å². The van der Waals surface area contributed by atoms with Crippen molar-refractivity contribution < 1.29 is 0 Å². The number of nitrogens with zero attached hydrogens (tertiary/aromatic N) is 1. The van der Waals surface area contributed by atoms with Crippen LogP contribution in [-0.2, 0) is 0 Å². The summed E-state index contributed by atoms with van der Waals surface area (Å²) in [6, 6.07) is 4.32. The molecular formula is C16H28N2. The lowest BCUT2D eigenvalue weighted by Gasteiger charge is -2.12. The minimum Gasteiger partial charge on any atom is -0.323 e. The van der Waals surface area contributed by atoms with Crippen LogP contribution in [0.5, 0.6) is 0 Å². The van der Waals surface area contributed by atoms with Crippen molar-refractivity contribution in [2.75, 3.05) is 0 Å². The van der Waals surface area contributed by atoms with Crippen molar-refractivity contribution in [2.24, 2.45) is 5.73 Å². The molecule has 0 radical (unpaired) electrons. The maximum Gasteiger partial charge on any atom is 0.0576 e. The zero-order valence-corrected chi connectivity index (χ0v) is 12.2. The van der Waals surface area contributed by atoms with Crippen LogP contribution in [0.4, 0.5) is 0 Å². The van der Waals surface area contributed by atoms with Gasteiger partial charge in [0.25, 0.3) is 0 Å². The van der Waals surface area contributed by atoms with Crippen LogP contribution in [0.25, 0.3) is 0 Å². The van der Waals surface area contributed by atoms with Gasteiger partial charge in [-0.2, -0.15) is 0 Å². The van der Waals surface area contributed by atoms with Crippen LogP contribution in [0, 0.1) is 13.8 Å². The Labute approximate surface area is 112 Å². The van der Waals surface area contributed by atoms with Gasteiger partial charge >= 0.3 is 0 Å². The average molecular weight is 248 g/mol. The maximum atomic E-state index is 6.21. The Kier molecular flexibility index (Phi) is 6.96. The van der Waals surface area contributed by atoms with E-state index in [1.54, 1.807) is 0 Å². The van der Waals surface area contributed by atoms with E-state index in [1.165, 1.54) is 44.1 Å². The summed E-state index contributed by atoms with van der Waals surface area (Å²) in [5, 5.41) is 0. The molecule has 2 N–H and O–H groups in total. The monoisotopic (exact) mass is 248 g/mol. The molecule has 2 nitrogen and oxygen atoms in total. The van der Waals surface area contributed by atoms with Crippen LogP contribution in [0.15, 0.2) is 12.1 Å². The zero-order chi connectivity index (χ0) is 13.4. The fraction of sp³-hybridized carbons (Fsp3) is 0.688. The van der Waals surface area contributed by atoms with Crippen molar-refractivity contribution in [2.45, 2.75) is 71.8 Å². The SMILES string of the molecule is CCCCCCCCC(N)c1cc(C)cc(C)n1. The highest BCUT2D eigenvalue weighted by atomic mass is 14.8. The van der Waals surface area contributed by atoms with Crippen LogP contribution in [0.2, 0.25) is 0 Å². The minimum atomic E-state index is 0.106. The molecule has 0 spiro atoms. The van der Waals surface area contributed by atoms with E-state index in [0.717, 1.165) is 17.8 Å². The van der Waals surface area contributed by atoms with Gasteiger partial charge in [-0.05, 0) is 38.0 Å². The Morgan fingerprint density at radius 1 is 1.06 bits per heavy atom. The molecule has 0 aliphatic rings. The smallest absolute Gasteiger partial charge is 0.0576 e. The first kappa shape index (κ1) is 15.2. The number of hydrogen-bond acceptors (Lipinski definition) is 2. The van der Waals surface area contributed by atoms with Crippen molar-refractivity contribution in [1.29, 1.82) is 0 Å². The summed E-state index contributed by atoms with van der Waals surface area (Å²) in [6.45, 7) is 6.39. The van der Waals surface area contributed by atoms with Crippen LogP contribution in [0.1, 0.15) is 74.9 Å². The first-order valence-electron chi connectivity index (χ1n) is 7.34. The van der Waals surface area contributed by atoms with Crippen molar-refractivity contribution in [3.05, 3.63) is 29.1 Å². The predicted octanol–water partition coefficient (Wildman–Crippen LogP) is 4.45. The molecule has 18 heavy (non-hydrogen) atoms. The number of aromatic nitrogens is 1. The molecule has 0 saturated carbocycles. The van der Waals surface area contributed by atoms with E-state index in [2.05, 4.69) is 31.0 Å². The summed E-state index contributed by atoms with van der Waals surface area (Å²) in [4.78, 5) is 4.54. The van der Waals surface area contributed by atoms with Crippen molar-refractivity contribution in [3.63, 3.8) is 0 Å². The van der Waals surface area contributed by atoms with E-state index < -0.39 is 0 Å². The Hall–Kier alpha value is -0.890. The summed E-state index contributed by atoms with van der Waals surface area (Å²) in [6.07, 6.45) is 8.98. The fourth-order valence-corrected chi connectivity index (χ4v) is 2.36. The van der Waals surface area contributed by atoms with Crippen LogP contribution in [-0.4, -0.2) is 4.98 Å². The average Bonchev–Trinajstić information content (AvgIpc) is 2.32. The van der Waals surface area contributed by atoms with Crippen LogP contribution >= 0.6 is 0 Å². The number of aryl methyl sites for hydroxylation is 2. The zero-order valence-electron chi connectivity index (χ0n) is 12.2. The summed E-state index contributed by atoms with van der Waals surface area (Å²) >= 11 is 0. The lowest BCUT2D eigenvalue weighted by molar-refractivity contribution is 0.540. The maximum absolute atomic E-state index is 6.21. The molecule has 0 bridgehead atoms. The van der Waals surface area contributed by atoms with Crippen molar-refractivity contribution >= 4 is 0 Å². The van der Waals surface area contributed by atoms with Gasteiger partial charge in [0.2, 0.25) is 0 Å². The number of pyridine rings is 1. The van der Waals surface area contributed by atoms with E-state index in [0.29, 0.717) is 0 Å². The Bertz CT molecular complexity index is 327. The first-order valence-corrected chi connectivity index (χ1v) is 7.34. The van der Waals surface area contributed by atoms with Gasteiger partial charge in [-0.3, -0.25) is 4.98 Å². The second-order valence-electron chi connectivity index (χ2n) is 5.37. The highest BCUT2D eigenvalue weighted by molar-refractivity contribution is 5.21. The van der Waals surface area contributed by atoms with Gasteiger partial charge in [0, 0.05) is 11.7 Å². The normalized spacial score (nSPS) is 12.7. The molecule has 1 heterocycles. The second-order valence-corrected chi connectivity index (χ2v) is 5.37. The molecule has 0 aromatic carbocycles. The van der Waals surface area contributed by atoms with Gasteiger partial charge < -0.3 is 5.73 Å². The molecular weight excluding hydrogens is 220 g/mol. The van der Waals surface area contributed by atoms with E-state index in [9.17, 15) is 0 Å². The topological polar surface area (TPSA) is 38.9 Å². The van der Waals surface area contributed by atoms with Crippen molar-refractivity contribution in [3.8, 4) is 0 Å². The molecule has 0 aliphatic heterocycles. The number of nitrogens with two attached hydrogens (primary N) is 1. The molecule has 0 amide bonds. The standard InChI is InChI=1S/C16H28N2/c1-4-5-6-7-8-9-10-15(17)16-12-13(2)11-14(3)18-16/h11-12,15H,4-10,17H2,1-3H3. The van der Waals surface area contributed by atoms with Gasteiger partial charge in [-0.15, -0.1) is 0 Å². The molecule has 0 aliphatic carbocycles. The molecule has 1 rings (SSSR count). The van der Waals surface area contributed by atoms with Gasteiger partial charge in [0.05, 0.1) is 5.69 Å². The van der Waals surface area contributed by atoms with Gasteiger partial charge in [-0.1, -0.05) is 45.4 Å². The van der Waals surface area contributed by atoms with Crippen molar-refractivity contribution in [1.82, 2.24) is 4.98 Å². The largest absolute Gasteiger partial charge is 0.323 e. The third-order valence-electron chi connectivity index (χ3n) is 3.37. The number of rotatable bonds is 8. The Balaban J connectivity index is 2.29. The molecule has 1 aromatic rings. The van der Waals surface area contributed by atoms with E-state index in [4.69, 9.17) is 5.73 Å². The highest BCUT2D eigenvalue weighted by Crippen LogP contribution is 2.18. The Morgan fingerprint density at radius 2 is 1.72 bits per heavy atom. The predicted molar refractivity (Wildman–Crippen MR) is 78.6 cm³/mol. The molecule has 1 unspecified atom stereocenters. The molecule has 102 valence electrons. The van der Waals surface area contributed by atoms with Crippen LogP contribution < -0.4 is 5.73 Å². The summed E-state index contributed by atoms with van der Waals surface area (Å²) in [7, 11) is 0. The van der Waals surface area contributed by atoms with E-state index >= 15 is 0 Å². The van der Waals surface area contributed by atoms with Crippen LogP contribution in [0.3, 0.4) is 0 Å². The Morgan fingerprint density at radius 3 is 2.39 bits per heavy atom. The number of unbranched alkanes of at least 4 members (excludes halogenated alkanes) is 5. The van der Waals surface area contributed by atoms with Gasteiger partial charge in [-0.25, -0.2) is 0 Å². The molecule has 2 heteroatoms. The molecule has 1 aromatic heterocycles. The number of hydrogen-bond donors (Lipinski definition) is 1. The fourth-order valence-electron chi connectivity index (χ4n) is 2.36. The third kappa shape index (κ3) is 5.63. The lowest BCUT2D eigenvalue weighted by Crippen LogP contribution is -2.12. The van der Waals surface area contributed by atoms with E-state index in [1.807, 2.05) is 6.92 Å². The summed E-state index contributed by atoms with van der Waals surface area (Å²) in [5.74, 6) is 0. The summed E-state index contributed by atoms with van der Waals surface area (Å²) < 4.78 is 0. The lowest BCUT2D eigenvalue weighted by atomic mass is 10.0. The summed E-state index contributed by atoms with van der Waals surface area (Å²) in [5.41, 5.74) is 9.60. The quantitative estimate of drug-likeness (QED) is 0.690. The van der Waals surface area contributed by atoms with Gasteiger partial charge in [0.1, 0.15) is 0 Å². The molecule has 0 fully saturated rings. The third-order valence-corrected chi connectivity index (χ3v) is 3.37. The first-order chi connectivity index (χ1) is 8.63. The minimum absolute atomic E-state index is 0.106.